The summed E-state index contributed by atoms with van der Waals surface area (Å²) in [7, 11) is 1.36. The van der Waals surface area contributed by atoms with Crippen molar-refractivity contribution in [2.24, 2.45) is 11.6 Å². The van der Waals surface area contributed by atoms with E-state index in [2.05, 4.69) is 25.6 Å². The topological polar surface area (TPSA) is 161 Å². The Morgan fingerprint density at radius 3 is 2.45 bits per heavy atom. The summed E-state index contributed by atoms with van der Waals surface area (Å²) in [6.07, 6.45) is -1.06. The van der Waals surface area contributed by atoms with Crippen molar-refractivity contribution in [2.75, 3.05) is 12.4 Å². The molecule has 0 saturated carbocycles. The van der Waals surface area contributed by atoms with Gasteiger partial charge in [0.1, 0.15) is 17.6 Å². The molecule has 3 aromatic heterocycles. The molecule has 0 unspecified atom stereocenters. The summed E-state index contributed by atoms with van der Waals surface area (Å²) < 4.78 is 58.0. The van der Waals surface area contributed by atoms with E-state index in [-0.39, 0.29) is 34.0 Å². The highest BCUT2D eigenvalue weighted by Crippen LogP contribution is 2.21. The Morgan fingerprint density at radius 1 is 1.08 bits per heavy atom. The monoisotopic (exact) mass is 534 g/mol. The number of carbonyl (C=O) groups excluding carboxylic acids is 2. The van der Waals surface area contributed by atoms with E-state index in [1.54, 1.807) is 0 Å². The van der Waals surface area contributed by atoms with Crippen molar-refractivity contribution < 1.29 is 31.9 Å². The number of nitrogens with one attached hydrogen (secondary N) is 2. The molecule has 0 fully saturated rings. The summed E-state index contributed by atoms with van der Waals surface area (Å²) in [5.74, 6) is 3.11. The summed E-state index contributed by atoms with van der Waals surface area (Å²) in [5.41, 5.74) is 5.57. The van der Waals surface area contributed by atoms with Crippen LogP contribution in [-0.4, -0.2) is 39.0 Å². The number of carbonyl (C=O) groups is 2. The van der Waals surface area contributed by atoms with Gasteiger partial charge in [-0.3, -0.25) is 25.1 Å². The summed E-state index contributed by atoms with van der Waals surface area (Å²) >= 11 is 0. The Morgan fingerprint density at radius 2 is 1.82 bits per heavy atom. The number of hydrogen-bond donors (Lipinski definition) is 4. The number of alkyl carbamates (subject to hydrolysis) is 1. The standard InChI is InChI=1S/C23H22F4N8O3/c1-11(16-6-14(24)9-32-20(16)27)38-23(37)34-21(35(2)29)18(28)17-4-3-15(10-31-17)33-22(36)13-5-12(19(25)26)7-30-8-13/h3-11,19H,28-29H2,1-2H3,(H,33,36)(H,34,37)/b21-18-/t11-/m1/s1. The SMILES string of the molecule is C[C@@H](OC(=O)N/C(=C(/N)c1ccc(NC(=O)c2cncc(C(F)F)c2)cn1)N(C)N)c1cc(F)cnc1F. The van der Waals surface area contributed by atoms with Crippen LogP contribution in [-0.2, 0) is 4.74 Å². The minimum atomic E-state index is -2.78. The third-order valence-corrected chi connectivity index (χ3v) is 4.95. The van der Waals surface area contributed by atoms with Gasteiger partial charge in [0.05, 0.1) is 34.9 Å². The molecule has 0 aromatic carbocycles. The largest absolute Gasteiger partial charge is 0.441 e. The van der Waals surface area contributed by atoms with Gasteiger partial charge in [0.25, 0.3) is 12.3 Å². The number of aromatic nitrogens is 3. The minimum Gasteiger partial charge on any atom is -0.441 e. The van der Waals surface area contributed by atoms with Crippen LogP contribution in [0.15, 0.2) is 54.9 Å². The first kappa shape index (κ1) is 27.8. The van der Waals surface area contributed by atoms with Crippen LogP contribution < -0.4 is 22.2 Å². The van der Waals surface area contributed by atoms with Gasteiger partial charge < -0.3 is 15.8 Å². The molecule has 0 saturated heterocycles. The van der Waals surface area contributed by atoms with Crippen molar-refractivity contribution in [3.63, 3.8) is 0 Å². The summed E-state index contributed by atoms with van der Waals surface area (Å²) in [6.45, 7) is 1.31. The first-order valence-corrected chi connectivity index (χ1v) is 10.7. The number of rotatable bonds is 8. The number of hydrogen-bond acceptors (Lipinski definition) is 9. The maximum absolute atomic E-state index is 13.9. The number of hydrazine groups is 1. The van der Waals surface area contributed by atoms with Crippen LogP contribution in [0.5, 0.6) is 0 Å². The van der Waals surface area contributed by atoms with Crippen LogP contribution in [0.4, 0.5) is 28.0 Å². The quantitative estimate of drug-likeness (QED) is 0.147. The molecule has 0 bridgehead atoms. The van der Waals surface area contributed by atoms with Crippen molar-refractivity contribution in [3.8, 4) is 0 Å². The van der Waals surface area contributed by atoms with E-state index < -0.39 is 41.9 Å². The average molecular weight is 534 g/mol. The zero-order valence-electron chi connectivity index (χ0n) is 20.0. The molecule has 1 atom stereocenters. The van der Waals surface area contributed by atoms with E-state index in [1.807, 2.05) is 0 Å². The second kappa shape index (κ2) is 12.0. The highest BCUT2D eigenvalue weighted by molar-refractivity contribution is 6.04. The van der Waals surface area contributed by atoms with E-state index in [9.17, 15) is 27.2 Å². The molecule has 15 heteroatoms. The van der Waals surface area contributed by atoms with E-state index in [4.69, 9.17) is 16.3 Å². The van der Waals surface area contributed by atoms with Crippen LogP contribution >= 0.6 is 0 Å². The Balaban J connectivity index is 1.72. The third-order valence-electron chi connectivity index (χ3n) is 4.95. The Hall–Kier alpha value is -4.79. The molecule has 2 amide bonds. The fourth-order valence-electron chi connectivity index (χ4n) is 3.07. The second-order valence-corrected chi connectivity index (χ2v) is 7.77. The Bertz CT molecular complexity index is 1350. The van der Waals surface area contributed by atoms with E-state index in [0.717, 1.165) is 29.5 Å². The first-order valence-electron chi connectivity index (χ1n) is 10.7. The lowest BCUT2D eigenvalue weighted by Crippen LogP contribution is -2.39. The first-order chi connectivity index (χ1) is 18.0. The molecule has 6 N–H and O–H groups in total. The van der Waals surface area contributed by atoms with Gasteiger partial charge in [-0.05, 0) is 31.2 Å². The summed E-state index contributed by atoms with van der Waals surface area (Å²) in [6, 6.07) is 4.68. The molecule has 0 aliphatic heterocycles. The van der Waals surface area contributed by atoms with Crippen molar-refractivity contribution in [1.82, 2.24) is 25.3 Å². The van der Waals surface area contributed by atoms with Gasteiger partial charge in [-0.15, -0.1) is 0 Å². The summed E-state index contributed by atoms with van der Waals surface area (Å²) in [5, 5.41) is 5.77. The molecule has 3 aromatic rings. The van der Waals surface area contributed by atoms with Crippen LogP contribution in [0.25, 0.3) is 5.70 Å². The van der Waals surface area contributed by atoms with Gasteiger partial charge in [-0.2, -0.15) is 4.39 Å². The number of pyridine rings is 3. The van der Waals surface area contributed by atoms with Crippen LogP contribution in [0, 0.1) is 11.8 Å². The lowest BCUT2D eigenvalue weighted by Gasteiger charge is -2.21. The van der Waals surface area contributed by atoms with Gasteiger partial charge >= 0.3 is 6.09 Å². The van der Waals surface area contributed by atoms with E-state index in [1.165, 1.54) is 32.3 Å². The predicted molar refractivity (Wildman–Crippen MR) is 127 cm³/mol. The lowest BCUT2D eigenvalue weighted by molar-refractivity contribution is 0.102. The molecule has 3 rings (SSSR count). The summed E-state index contributed by atoms with van der Waals surface area (Å²) in [4.78, 5) is 35.7. The van der Waals surface area contributed by atoms with Crippen LogP contribution in [0.3, 0.4) is 0 Å². The number of anilines is 1. The second-order valence-electron chi connectivity index (χ2n) is 7.77. The van der Waals surface area contributed by atoms with Gasteiger partial charge in [0.2, 0.25) is 5.95 Å². The third kappa shape index (κ3) is 6.91. The molecule has 0 aliphatic carbocycles. The van der Waals surface area contributed by atoms with Crippen molar-refractivity contribution >= 4 is 23.4 Å². The van der Waals surface area contributed by atoms with Gasteiger partial charge in [-0.1, -0.05) is 0 Å². The fourth-order valence-corrected chi connectivity index (χ4v) is 3.07. The molecule has 0 spiro atoms. The maximum atomic E-state index is 13.9. The molecular weight excluding hydrogens is 512 g/mol. The normalized spacial score (nSPS) is 12.4. The zero-order chi connectivity index (χ0) is 28.0. The number of ether oxygens (including phenoxy) is 1. The lowest BCUT2D eigenvalue weighted by atomic mass is 10.2. The van der Waals surface area contributed by atoms with Crippen LogP contribution in [0.1, 0.15) is 46.6 Å². The molecule has 0 radical (unpaired) electrons. The number of amides is 2. The Labute approximate surface area is 213 Å². The molecule has 0 aliphatic rings. The fraction of sp³-hybridized carbons (Fsp3) is 0.174. The molecule has 3 heterocycles. The minimum absolute atomic E-state index is 0.0795. The molecule has 11 nitrogen and oxygen atoms in total. The van der Waals surface area contributed by atoms with Gasteiger partial charge in [-0.25, -0.2) is 28.8 Å². The van der Waals surface area contributed by atoms with Gasteiger partial charge in [0.15, 0.2) is 5.82 Å². The number of alkyl halides is 2. The molecule has 200 valence electrons. The van der Waals surface area contributed by atoms with Crippen LogP contribution in [0.2, 0.25) is 0 Å². The van der Waals surface area contributed by atoms with Crippen molar-refractivity contribution in [2.45, 2.75) is 19.5 Å². The molecule has 38 heavy (non-hydrogen) atoms. The molecular formula is C23H22F4N8O3. The van der Waals surface area contributed by atoms with Crippen molar-refractivity contribution in [3.05, 3.63) is 89.0 Å². The number of nitrogens with zero attached hydrogens (tertiary/aromatic N) is 4. The highest BCUT2D eigenvalue weighted by atomic mass is 19.3. The predicted octanol–water partition coefficient (Wildman–Crippen LogP) is 3.22. The number of nitrogens with two attached hydrogens (primary N) is 2. The van der Waals surface area contributed by atoms with Crippen molar-refractivity contribution in [1.29, 1.82) is 0 Å². The Kier molecular flexibility index (Phi) is 8.75. The van der Waals surface area contributed by atoms with Gasteiger partial charge in [0, 0.05) is 25.0 Å². The highest BCUT2D eigenvalue weighted by Gasteiger charge is 2.20. The number of halogens is 4. The zero-order valence-corrected chi connectivity index (χ0v) is 20.0. The smallest absolute Gasteiger partial charge is 0.413 e. The average Bonchev–Trinajstić information content (AvgIpc) is 2.88. The van der Waals surface area contributed by atoms with E-state index in [0.29, 0.717) is 6.20 Å². The van der Waals surface area contributed by atoms with E-state index >= 15 is 0 Å². The maximum Gasteiger partial charge on any atom is 0.413 e.